The molecule has 5 aromatic rings. The standard InChI is InChI=1S/C64H76N4O8/c1-4-10-52-44-26-47(25-41-16-19-51(39-11-6-5-7-12-39)53-34-58(72)59(76-3)30-42(53)17-20-56(70)63(75)62(74)54(41)29-44)64(22-8-9-23-64)46-21-24-66-60(31-46)68-48-18-15-40-13-14-43(61(73)55(40)32-48)28-50(69)37-65-35-38(2)45-27-49(67-36-45)33-57(52)71/h5-7,11-15,18,21,27,30-32,34,36,38,41,44,47,50-52,54,57,63,65-69,71-73,75H,4,8-10,17,20,22-26,28-29,33,35,37H2,1-3H3. The number of allylic oxidation sites excluding steroid dienone is 2. The molecule has 5 aliphatic rings. The Morgan fingerprint density at radius 1 is 0.842 bits per heavy atom. The number of H-pyrrole nitrogens is 1. The van der Waals surface area contributed by atoms with Gasteiger partial charge in [-0.1, -0.05) is 99.6 Å². The fraction of sp³-hybridized carbons (Fsp3) is 0.469. The number of hydrogen-bond acceptors (Lipinski definition) is 11. The Bertz CT molecular complexity index is 3030. The zero-order chi connectivity index (χ0) is 53.1. The summed E-state index contributed by atoms with van der Waals surface area (Å²) in [4.78, 5) is 33.0. The second-order valence-electron chi connectivity index (χ2n) is 22.7. The van der Waals surface area contributed by atoms with E-state index >= 15 is 4.79 Å². The number of rotatable bonds is 4. The third-order valence-corrected chi connectivity index (χ3v) is 17.9. The Morgan fingerprint density at radius 3 is 2.43 bits per heavy atom. The van der Waals surface area contributed by atoms with Gasteiger partial charge in [-0.25, -0.2) is 0 Å². The number of ether oxygens (including phenoxy) is 1. The first kappa shape index (κ1) is 53.1. The average molecular weight is 1030 g/mol. The van der Waals surface area contributed by atoms with Crippen molar-refractivity contribution >= 4 is 28.0 Å². The molecule has 0 amide bonds. The van der Waals surface area contributed by atoms with E-state index in [1.165, 1.54) is 12.7 Å². The number of dihydropyridines is 1. The SMILES string of the molecule is CCCC1C(O)Cc2cc(c[nH]2)C(C)CNCC(O)Cc2ccc3ccc(cc3c2O)NC2=CC(=CCN2)C2(CCCC2)C2CC3C#CC(c4ccccc4)c4cc(O)c(OC)cc4CCC(=O)C(O)C(=O)C3CC1C2. The number of anilines is 1. The van der Waals surface area contributed by atoms with Crippen LogP contribution in [0.2, 0.25) is 0 Å². The van der Waals surface area contributed by atoms with Gasteiger partial charge in [0.05, 0.1) is 25.2 Å². The highest BCUT2D eigenvalue weighted by molar-refractivity contribution is 6.06. The van der Waals surface area contributed by atoms with Crippen LogP contribution in [0.5, 0.6) is 17.2 Å². The molecule has 0 radical (unpaired) electrons. The number of benzene rings is 4. The van der Waals surface area contributed by atoms with Crippen LogP contribution >= 0.6 is 0 Å². The van der Waals surface area contributed by atoms with Gasteiger partial charge in [0.2, 0.25) is 0 Å². The fourth-order valence-electron chi connectivity index (χ4n) is 13.9. The van der Waals surface area contributed by atoms with Crippen molar-refractivity contribution in [3.8, 4) is 29.1 Å². The zero-order valence-corrected chi connectivity index (χ0v) is 44.3. The van der Waals surface area contributed by atoms with Crippen LogP contribution in [0.25, 0.3) is 10.8 Å². The molecule has 12 nitrogen and oxygen atoms in total. The third-order valence-electron chi connectivity index (χ3n) is 17.9. The number of carbonyl (C=O) groups is 2. The van der Waals surface area contributed by atoms with E-state index in [4.69, 9.17) is 4.74 Å². The zero-order valence-electron chi connectivity index (χ0n) is 44.3. The van der Waals surface area contributed by atoms with Gasteiger partial charge in [0.25, 0.3) is 0 Å². The Balaban J connectivity index is 1.12. The Kier molecular flexibility index (Phi) is 16.1. The first-order valence-electron chi connectivity index (χ1n) is 27.9. The van der Waals surface area contributed by atoms with E-state index in [0.717, 1.165) is 89.8 Å². The van der Waals surface area contributed by atoms with Gasteiger partial charge < -0.3 is 51.2 Å². The van der Waals surface area contributed by atoms with Gasteiger partial charge in [0.1, 0.15) is 11.6 Å². The number of aromatic nitrogens is 1. The lowest BCUT2D eigenvalue weighted by atomic mass is 9.62. The lowest BCUT2D eigenvalue weighted by Crippen LogP contribution is -2.40. The number of aromatic hydroxyl groups is 2. The molecule has 10 atom stereocenters. The minimum absolute atomic E-state index is 0.00771. The number of aromatic amines is 1. The van der Waals surface area contributed by atoms with Crippen molar-refractivity contribution in [3.63, 3.8) is 0 Å². The number of methoxy groups -OCH3 is 1. The molecule has 2 aliphatic heterocycles. The molecular formula is C64H76N4O8. The van der Waals surface area contributed by atoms with E-state index in [9.17, 15) is 30.3 Å². The highest BCUT2D eigenvalue weighted by Crippen LogP contribution is 2.58. The summed E-state index contributed by atoms with van der Waals surface area (Å²) in [6.45, 7) is 5.83. The first-order chi connectivity index (χ1) is 36.8. The largest absolute Gasteiger partial charge is 0.507 e. The minimum atomic E-state index is -1.84. The number of ketones is 2. The molecule has 400 valence electrons. The molecule has 1 spiro atoms. The number of nitrogens with one attached hydrogen (secondary N) is 4. The highest BCUT2D eigenvalue weighted by Gasteiger charge is 2.51. The molecule has 9 bridgehead atoms. The van der Waals surface area contributed by atoms with E-state index in [-0.39, 0.29) is 59.2 Å². The van der Waals surface area contributed by atoms with Crippen molar-refractivity contribution in [1.29, 1.82) is 0 Å². The molecule has 10 rings (SSSR count). The number of phenols is 2. The summed E-state index contributed by atoms with van der Waals surface area (Å²) in [6, 6.07) is 25.4. The number of fused-ring (bicyclic) bond motifs is 11. The van der Waals surface area contributed by atoms with Crippen LogP contribution in [0, 0.1) is 46.8 Å². The van der Waals surface area contributed by atoms with Crippen LogP contribution in [0.15, 0.2) is 109 Å². The van der Waals surface area contributed by atoms with Gasteiger partial charge in [0.15, 0.2) is 29.2 Å². The maximum absolute atomic E-state index is 15.3. The summed E-state index contributed by atoms with van der Waals surface area (Å²) < 4.78 is 5.55. The number of phenolic OH excluding ortho intramolecular Hbond substituents is 2. The number of β-amino-alcohol motifs (C(OH)–C–C–N with tert-alkyl or cyclic N) is 1. The summed E-state index contributed by atoms with van der Waals surface area (Å²) in [5.74, 6) is 5.52. The van der Waals surface area contributed by atoms with Crippen molar-refractivity contribution in [2.75, 3.05) is 32.1 Å². The van der Waals surface area contributed by atoms with E-state index in [1.54, 1.807) is 12.1 Å². The Hall–Kier alpha value is -6.36. The van der Waals surface area contributed by atoms with Crippen molar-refractivity contribution in [3.05, 3.63) is 142 Å². The van der Waals surface area contributed by atoms with E-state index in [0.29, 0.717) is 56.3 Å². The number of aryl methyl sites for hydroxylation is 1. The van der Waals surface area contributed by atoms with Gasteiger partial charge in [0, 0.05) is 73.7 Å². The Morgan fingerprint density at radius 2 is 1.64 bits per heavy atom. The fourth-order valence-corrected chi connectivity index (χ4v) is 13.9. The molecule has 2 fully saturated rings. The average Bonchev–Trinajstić information content (AvgIpc) is 4.08. The number of Topliss-reactive ketones (excluding diaryl/α,β-unsaturated/α-hetero) is 2. The van der Waals surface area contributed by atoms with Gasteiger partial charge in [-0.2, -0.15) is 0 Å². The molecule has 10 unspecified atom stereocenters. The first-order valence-corrected chi connectivity index (χ1v) is 27.9. The lowest BCUT2D eigenvalue weighted by molar-refractivity contribution is -0.142. The molecule has 9 N–H and O–H groups in total. The van der Waals surface area contributed by atoms with Gasteiger partial charge in [-0.15, -0.1) is 0 Å². The van der Waals surface area contributed by atoms with Crippen LogP contribution in [0.1, 0.15) is 123 Å². The van der Waals surface area contributed by atoms with Gasteiger partial charge >= 0.3 is 0 Å². The lowest BCUT2D eigenvalue weighted by Gasteiger charge is -2.43. The maximum Gasteiger partial charge on any atom is 0.173 e. The van der Waals surface area contributed by atoms with Crippen molar-refractivity contribution in [2.45, 2.75) is 127 Å². The predicted octanol–water partition coefficient (Wildman–Crippen LogP) is 9.49. The second-order valence-corrected chi connectivity index (χ2v) is 22.7. The van der Waals surface area contributed by atoms with Crippen LogP contribution in [-0.4, -0.2) is 87.1 Å². The molecule has 1 aromatic heterocycles. The molecule has 12 heteroatoms. The van der Waals surface area contributed by atoms with Gasteiger partial charge in [-0.3, -0.25) is 9.59 Å². The third kappa shape index (κ3) is 11.1. The summed E-state index contributed by atoms with van der Waals surface area (Å²) in [5, 5.41) is 71.1. The highest BCUT2D eigenvalue weighted by atomic mass is 16.5. The quantitative estimate of drug-likeness (QED) is 0.0615. The molecule has 3 heterocycles. The number of hydrogen-bond donors (Lipinski definition) is 9. The predicted molar refractivity (Wildman–Crippen MR) is 297 cm³/mol. The number of aliphatic hydroxyl groups excluding tert-OH is 3. The molecule has 3 aliphatic carbocycles. The summed E-state index contributed by atoms with van der Waals surface area (Å²) in [5.41, 5.74) is 6.80. The topological polar surface area (TPSA) is 196 Å². The van der Waals surface area contributed by atoms with Crippen LogP contribution in [0.3, 0.4) is 0 Å². The van der Waals surface area contributed by atoms with Crippen molar-refractivity contribution < 1.29 is 39.9 Å². The van der Waals surface area contributed by atoms with E-state index < -0.39 is 47.6 Å². The smallest absolute Gasteiger partial charge is 0.173 e. The van der Waals surface area contributed by atoms with E-state index in [1.807, 2.05) is 66.9 Å². The molecule has 2 saturated carbocycles. The van der Waals surface area contributed by atoms with Crippen LogP contribution in [-0.2, 0) is 28.9 Å². The molecular weight excluding hydrogens is 953 g/mol. The van der Waals surface area contributed by atoms with E-state index in [2.05, 4.69) is 64.8 Å². The maximum atomic E-state index is 15.3. The van der Waals surface area contributed by atoms with Crippen LogP contribution in [0.4, 0.5) is 5.69 Å². The van der Waals surface area contributed by atoms with Crippen LogP contribution < -0.4 is 20.7 Å². The number of carbonyl (C=O) groups excluding carboxylic acids is 2. The summed E-state index contributed by atoms with van der Waals surface area (Å²) in [6.07, 6.45) is 11.1. The number of aliphatic hydroxyl groups is 3. The van der Waals surface area contributed by atoms with Crippen molar-refractivity contribution in [1.82, 2.24) is 15.6 Å². The second kappa shape index (κ2) is 23.1. The summed E-state index contributed by atoms with van der Waals surface area (Å²) >= 11 is 0. The Labute approximate surface area is 447 Å². The van der Waals surface area contributed by atoms with Crippen molar-refractivity contribution in [2.24, 2.45) is 35.0 Å². The molecule has 4 aromatic carbocycles. The molecule has 76 heavy (non-hydrogen) atoms. The molecule has 0 saturated heterocycles. The minimum Gasteiger partial charge on any atom is -0.507 e. The normalized spacial score (nSPS) is 28.3. The summed E-state index contributed by atoms with van der Waals surface area (Å²) in [7, 11) is 1.49. The van der Waals surface area contributed by atoms with Gasteiger partial charge in [-0.05, 0) is 149 Å². The monoisotopic (exact) mass is 1030 g/mol.